The first-order valence-corrected chi connectivity index (χ1v) is 9.77. The van der Waals surface area contributed by atoms with E-state index >= 15 is 0 Å². The molecule has 1 amide bonds. The predicted octanol–water partition coefficient (Wildman–Crippen LogP) is 2.65. The number of hydrogen-bond acceptors (Lipinski definition) is 4. The monoisotopic (exact) mass is 353 g/mol. The molecular weight excluding hydrogens is 326 g/mol. The summed E-state index contributed by atoms with van der Waals surface area (Å²) in [6, 6.07) is 8.35. The van der Waals surface area contributed by atoms with Crippen LogP contribution in [0, 0.1) is 5.92 Å². The highest BCUT2D eigenvalue weighted by atomic mass is 16.1. The number of amides is 1. The molecule has 0 spiro atoms. The number of carbonyl (C=O) groups excluding carboxylic acids is 1. The molecule has 1 atom stereocenters. The maximum atomic E-state index is 12.5. The number of nitrogens with one attached hydrogen (secondary N) is 1. The Morgan fingerprint density at radius 2 is 1.92 bits per heavy atom. The molecule has 1 aromatic heterocycles. The first kappa shape index (κ1) is 17.2. The minimum atomic E-state index is -0.00367. The van der Waals surface area contributed by atoms with Crippen LogP contribution in [0.4, 0.5) is 0 Å². The number of benzene rings is 1. The maximum Gasteiger partial charge on any atom is 0.251 e. The summed E-state index contributed by atoms with van der Waals surface area (Å²) < 4.78 is 1.80. The Bertz CT molecular complexity index is 724. The van der Waals surface area contributed by atoms with E-state index in [1.165, 1.54) is 45.1 Å². The van der Waals surface area contributed by atoms with Crippen LogP contribution in [0.3, 0.4) is 0 Å². The molecule has 138 valence electrons. The third-order valence-corrected chi connectivity index (χ3v) is 5.78. The van der Waals surface area contributed by atoms with Crippen LogP contribution in [0.5, 0.6) is 0 Å². The van der Waals surface area contributed by atoms with Gasteiger partial charge in [0.25, 0.3) is 5.91 Å². The molecule has 1 N–H and O–H groups in total. The van der Waals surface area contributed by atoms with Gasteiger partial charge < -0.3 is 10.2 Å². The normalized spacial score (nSPS) is 21.8. The van der Waals surface area contributed by atoms with Crippen molar-refractivity contribution in [1.29, 1.82) is 0 Å². The lowest BCUT2D eigenvalue weighted by atomic mass is 9.94. The van der Waals surface area contributed by atoms with E-state index in [2.05, 4.69) is 20.4 Å². The number of aromatic nitrogens is 3. The smallest absolute Gasteiger partial charge is 0.251 e. The van der Waals surface area contributed by atoms with Crippen molar-refractivity contribution in [2.24, 2.45) is 5.92 Å². The minimum Gasteiger partial charge on any atom is -0.352 e. The zero-order valence-corrected chi connectivity index (χ0v) is 15.2. The topological polar surface area (TPSA) is 63.1 Å². The van der Waals surface area contributed by atoms with Crippen LogP contribution < -0.4 is 5.32 Å². The molecular formula is C20H27N5O. The molecule has 0 bridgehead atoms. The summed E-state index contributed by atoms with van der Waals surface area (Å²) in [5.41, 5.74) is 1.57. The van der Waals surface area contributed by atoms with E-state index in [9.17, 15) is 4.79 Å². The number of carbonyl (C=O) groups is 1. The van der Waals surface area contributed by atoms with E-state index in [-0.39, 0.29) is 5.91 Å². The molecule has 1 saturated heterocycles. The van der Waals surface area contributed by atoms with Gasteiger partial charge in [-0.2, -0.15) is 0 Å². The van der Waals surface area contributed by atoms with Crippen LogP contribution >= 0.6 is 0 Å². The summed E-state index contributed by atoms with van der Waals surface area (Å²) in [5, 5.41) is 10.8. The lowest BCUT2D eigenvalue weighted by Crippen LogP contribution is -2.36. The molecule has 0 radical (unpaired) electrons. The molecule has 2 aliphatic rings. The molecule has 6 nitrogen and oxygen atoms in total. The Labute approximate surface area is 154 Å². The highest BCUT2D eigenvalue weighted by Gasteiger charge is 2.29. The van der Waals surface area contributed by atoms with E-state index in [0.29, 0.717) is 11.5 Å². The fourth-order valence-electron chi connectivity index (χ4n) is 4.29. The van der Waals surface area contributed by atoms with Gasteiger partial charge in [-0.15, -0.1) is 10.2 Å². The summed E-state index contributed by atoms with van der Waals surface area (Å²) in [4.78, 5) is 15.2. The first-order chi connectivity index (χ1) is 12.8. The van der Waals surface area contributed by atoms with Gasteiger partial charge in [0.05, 0.1) is 0 Å². The van der Waals surface area contributed by atoms with E-state index < -0.39 is 0 Å². The molecule has 0 unspecified atom stereocenters. The van der Waals surface area contributed by atoms with Gasteiger partial charge in [0.2, 0.25) is 0 Å². The van der Waals surface area contributed by atoms with Gasteiger partial charge >= 0.3 is 0 Å². The summed E-state index contributed by atoms with van der Waals surface area (Å²) in [6.07, 6.45) is 11.3. The average molecular weight is 353 g/mol. The van der Waals surface area contributed by atoms with Gasteiger partial charge in [0.1, 0.15) is 12.7 Å². The average Bonchev–Trinajstić information content (AvgIpc) is 3.39. The molecule has 2 fully saturated rings. The van der Waals surface area contributed by atoms with Crippen molar-refractivity contribution in [1.82, 2.24) is 25.0 Å². The van der Waals surface area contributed by atoms with Crippen LogP contribution in [0.25, 0.3) is 5.69 Å². The molecule has 1 aliphatic carbocycles. The van der Waals surface area contributed by atoms with Crippen molar-refractivity contribution in [2.45, 2.75) is 44.6 Å². The number of rotatable bonds is 5. The van der Waals surface area contributed by atoms with E-state index in [4.69, 9.17) is 0 Å². The molecule has 4 rings (SSSR count). The lowest BCUT2D eigenvalue weighted by molar-refractivity contribution is 0.0946. The second-order valence-electron chi connectivity index (χ2n) is 7.57. The fourth-order valence-corrected chi connectivity index (χ4v) is 4.29. The standard InChI is InChI=1S/C20H27N5O/c26-20(17-5-4-8-19(11-17)25-14-22-23-15-25)21-12-16-9-10-24(13-16)18-6-2-1-3-7-18/h4-5,8,11,14-16,18H,1-3,6-7,9-10,12-13H2,(H,21,26)/t16-/m1/s1. The van der Waals surface area contributed by atoms with Crippen molar-refractivity contribution in [3.05, 3.63) is 42.5 Å². The van der Waals surface area contributed by atoms with E-state index in [1.54, 1.807) is 17.2 Å². The zero-order chi connectivity index (χ0) is 17.8. The van der Waals surface area contributed by atoms with Crippen molar-refractivity contribution >= 4 is 5.91 Å². The van der Waals surface area contributed by atoms with Crippen LogP contribution in [0.15, 0.2) is 36.9 Å². The van der Waals surface area contributed by atoms with Gasteiger partial charge in [-0.1, -0.05) is 25.3 Å². The van der Waals surface area contributed by atoms with E-state index in [0.717, 1.165) is 24.8 Å². The molecule has 1 saturated carbocycles. The van der Waals surface area contributed by atoms with Crippen LogP contribution in [0.2, 0.25) is 0 Å². The summed E-state index contributed by atoms with van der Waals surface area (Å²) >= 11 is 0. The number of likely N-dealkylation sites (tertiary alicyclic amines) is 1. The molecule has 1 aliphatic heterocycles. The second kappa shape index (κ2) is 7.99. The Kier molecular flexibility index (Phi) is 5.29. The third-order valence-electron chi connectivity index (χ3n) is 5.78. The summed E-state index contributed by atoms with van der Waals surface area (Å²) in [5.74, 6) is 0.568. The van der Waals surface area contributed by atoms with Crippen LogP contribution in [-0.2, 0) is 0 Å². The summed E-state index contributed by atoms with van der Waals surface area (Å²) in [6.45, 7) is 3.08. The Balaban J connectivity index is 1.30. The van der Waals surface area contributed by atoms with Crippen molar-refractivity contribution in [3.63, 3.8) is 0 Å². The molecule has 6 heteroatoms. The van der Waals surface area contributed by atoms with Crippen LogP contribution in [-0.4, -0.2) is 51.2 Å². The van der Waals surface area contributed by atoms with Crippen molar-refractivity contribution < 1.29 is 4.79 Å². The molecule has 2 heterocycles. The predicted molar refractivity (Wildman–Crippen MR) is 100 cm³/mol. The molecule has 1 aromatic carbocycles. The summed E-state index contributed by atoms with van der Waals surface area (Å²) in [7, 11) is 0. The SMILES string of the molecule is O=C(NC[C@H]1CCN(C2CCCCC2)C1)c1cccc(-n2cnnc2)c1. The van der Waals surface area contributed by atoms with Gasteiger partial charge in [-0.3, -0.25) is 9.36 Å². The second-order valence-corrected chi connectivity index (χ2v) is 7.57. The number of hydrogen-bond donors (Lipinski definition) is 1. The van der Waals surface area contributed by atoms with Crippen LogP contribution in [0.1, 0.15) is 48.9 Å². The van der Waals surface area contributed by atoms with Gasteiger partial charge in [-0.25, -0.2) is 0 Å². The highest BCUT2D eigenvalue weighted by Crippen LogP contribution is 2.27. The van der Waals surface area contributed by atoms with Gasteiger partial charge in [-0.05, 0) is 49.9 Å². The number of nitrogens with zero attached hydrogens (tertiary/aromatic N) is 4. The first-order valence-electron chi connectivity index (χ1n) is 9.77. The van der Waals surface area contributed by atoms with Crippen molar-refractivity contribution in [3.8, 4) is 5.69 Å². The Morgan fingerprint density at radius 1 is 1.12 bits per heavy atom. The van der Waals surface area contributed by atoms with Crippen molar-refractivity contribution in [2.75, 3.05) is 19.6 Å². The van der Waals surface area contributed by atoms with E-state index in [1.807, 2.05) is 24.3 Å². The quantitative estimate of drug-likeness (QED) is 0.898. The lowest BCUT2D eigenvalue weighted by Gasteiger charge is -2.31. The molecule has 2 aromatic rings. The third kappa shape index (κ3) is 3.96. The largest absolute Gasteiger partial charge is 0.352 e. The Morgan fingerprint density at radius 3 is 2.73 bits per heavy atom. The van der Waals surface area contributed by atoms with Gasteiger partial charge in [0, 0.05) is 30.4 Å². The maximum absolute atomic E-state index is 12.5. The zero-order valence-electron chi connectivity index (χ0n) is 15.2. The Hall–Kier alpha value is -2.21. The minimum absolute atomic E-state index is 0.00367. The molecule has 26 heavy (non-hydrogen) atoms. The highest BCUT2D eigenvalue weighted by molar-refractivity contribution is 5.94. The fraction of sp³-hybridized carbons (Fsp3) is 0.550. The van der Waals surface area contributed by atoms with Gasteiger partial charge in [0.15, 0.2) is 0 Å².